The van der Waals surface area contributed by atoms with Crippen molar-refractivity contribution in [3.05, 3.63) is 65.5 Å². The molecule has 1 aromatic carbocycles. The first-order chi connectivity index (χ1) is 12.2. The molecule has 0 unspecified atom stereocenters. The van der Waals surface area contributed by atoms with E-state index in [1.165, 1.54) is 6.42 Å². The van der Waals surface area contributed by atoms with Gasteiger partial charge in [0.1, 0.15) is 11.4 Å². The molecule has 1 aliphatic carbocycles. The van der Waals surface area contributed by atoms with Gasteiger partial charge in [-0.1, -0.05) is 55.7 Å². The molecule has 130 valence electrons. The second-order valence-corrected chi connectivity index (χ2v) is 6.38. The molecule has 0 bridgehead atoms. The Morgan fingerprint density at radius 1 is 0.880 bits per heavy atom. The van der Waals surface area contributed by atoms with E-state index >= 15 is 0 Å². The van der Waals surface area contributed by atoms with Crippen LogP contribution in [0, 0.1) is 0 Å². The number of nitrogens with zero attached hydrogens (tertiary/aromatic N) is 1. The number of amides is 2. The van der Waals surface area contributed by atoms with Gasteiger partial charge in [0.05, 0.1) is 0 Å². The summed E-state index contributed by atoms with van der Waals surface area (Å²) in [6, 6.07) is 14.9. The lowest BCUT2D eigenvalue weighted by atomic mass is 9.95. The molecule has 25 heavy (non-hydrogen) atoms. The van der Waals surface area contributed by atoms with Crippen molar-refractivity contribution < 1.29 is 9.59 Å². The van der Waals surface area contributed by atoms with Crippen LogP contribution in [0.2, 0.25) is 0 Å². The molecule has 2 aromatic rings. The number of benzene rings is 1. The van der Waals surface area contributed by atoms with Crippen LogP contribution >= 0.6 is 0 Å². The average Bonchev–Trinajstić information content (AvgIpc) is 2.68. The van der Waals surface area contributed by atoms with Gasteiger partial charge >= 0.3 is 0 Å². The summed E-state index contributed by atoms with van der Waals surface area (Å²) in [4.78, 5) is 28.9. The first-order valence-electron chi connectivity index (χ1n) is 8.82. The number of nitrogens with one attached hydrogen (secondary N) is 2. The van der Waals surface area contributed by atoms with E-state index in [4.69, 9.17) is 0 Å². The number of carbonyl (C=O) groups is 2. The van der Waals surface area contributed by atoms with Crippen molar-refractivity contribution in [3.8, 4) is 0 Å². The Labute approximate surface area is 147 Å². The summed E-state index contributed by atoms with van der Waals surface area (Å²) in [5.74, 6) is -0.485. The summed E-state index contributed by atoms with van der Waals surface area (Å²) in [6.45, 7) is 0.430. The number of carbonyl (C=O) groups excluding carboxylic acids is 2. The Morgan fingerprint density at radius 3 is 2.28 bits per heavy atom. The predicted molar refractivity (Wildman–Crippen MR) is 96.2 cm³/mol. The third-order valence-electron chi connectivity index (χ3n) is 4.45. The van der Waals surface area contributed by atoms with Gasteiger partial charge in [0.15, 0.2) is 0 Å². The van der Waals surface area contributed by atoms with Gasteiger partial charge in [0.2, 0.25) is 0 Å². The van der Waals surface area contributed by atoms with Crippen LogP contribution in [0.3, 0.4) is 0 Å². The Morgan fingerprint density at radius 2 is 1.56 bits per heavy atom. The highest BCUT2D eigenvalue weighted by atomic mass is 16.2. The lowest BCUT2D eigenvalue weighted by molar-refractivity contribution is 0.0922. The standard InChI is InChI=1S/C20H23N3O2/c24-19(21-14-15-8-3-1-4-9-15)17-12-7-13-18(23-17)20(25)22-16-10-5-2-6-11-16/h1,3-4,7-9,12-13,16H,2,5-6,10-11,14H2,(H,21,24)(H,22,25). The SMILES string of the molecule is O=C(NCc1ccccc1)c1cccc(C(=O)NC2CCCCC2)n1. The van der Waals surface area contributed by atoms with Crippen LogP contribution < -0.4 is 10.6 Å². The second kappa shape index (κ2) is 8.42. The fourth-order valence-electron chi connectivity index (χ4n) is 3.06. The first kappa shape index (κ1) is 17.1. The molecule has 0 spiro atoms. The topological polar surface area (TPSA) is 71.1 Å². The van der Waals surface area contributed by atoms with Crippen molar-refractivity contribution >= 4 is 11.8 Å². The van der Waals surface area contributed by atoms with E-state index in [2.05, 4.69) is 15.6 Å². The number of pyridine rings is 1. The Hall–Kier alpha value is -2.69. The molecule has 5 heteroatoms. The van der Waals surface area contributed by atoms with Crippen LogP contribution in [0.15, 0.2) is 48.5 Å². The van der Waals surface area contributed by atoms with E-state index in [1.807, 2.05) is 30.3 Å². The summed E-state index contributed by atoms with van der Waals surface area (Å²) in [5.41, 5.74) is 1.56. The number of hydrogen-bond donors (Lipinski definition) is 2. The summed E-state index contributed by atoms with van der Waals surface area (Å²) in [5, 5.41) is 5.86. The fourth-order valence-corrected chi connectivity index (χ4v) is 3.06. The van der Waals surface area contributed by atoms with Gasteiger partial charge in [-0.3, -0.25) is 9.59 Å². The first-order valence-corrected chi connectivity index (χ1v) is 8.82. The van der Waals surface area contributed by atoms with Gasteiger partial charge in [-0.25, -0.2) is 4.98 Å². The number of rotatable bonds is 5. The Balaban J connectivity index is 1.60. The molecular formula is C20H23N3O2. The maximum absolute atomic E-state index is 12.4. The fraction of sp³-hybridized carbons (Fsp3) is 0.350. The number of hydrogen-bond acceptors (Lipinski definition) is 3. The van der Waals surface area contributed by atoms with Gasteiger partial charge in [-0.2, -0.15) is 0 Å². The van der Waals surface area contributed by atoms with Gasteiger partial charge in [-0.15, -0.1) is 0 Å². The molecule has 0 aliphatic heterocycles. The van der Waals surface area contributed by atoms with Gasteiger partial charge in [0, 0.05) is 12.6 Å². The maximum atomic E-state index is 12.4. The summed E-state index contributed by atoms with van der Waals surface area (Å²) in [6.07, 6.45) is 5.58. The Kier molecular flexibility index (Phi) is 5.77. The third kappa shape index (κ3) is 4.89. The van der Waals surface area contributed by atoms with Crippen LogP contribution in [-0.2, 0) is 6.54 Å². The van der Waals surface area contributed by atoms with E-state index < -0.39 is 0 Å². The van der Waals surface area contributed by atoms with Crippen molar-refractivity contribution in [3.63, 3.8) is 0 Å². The third-order valence-corrected chi connectivity index (χ3v) is 4.45. The molecule has 0 atom stereocenters. The smallest absolute Gasteiger partial charge is 0.270 e. The lowest BCUT2D eigenvalue weighted by Crippen LogP contribution is -2.36. The zero-order valence-electron chi connectivity index (χ0n) is 14.2. The zero-order chi connectivity index (χ0) is 17.5. The summed E-state index contributed by atoms with van der Waals surface area (Å²) >= 11 is 0. The van der Waals surface area contributed by atoms with E-state index in [0.717, 1.165) is 31.2 Å². The van der Waals surface area contributed by atoms with E-state index in [9.17, 15) is 9.59 Å². The van der Waals surface area contributed by atoms with Crippen molar-refractivity contribution in [1.82, 2.24) is 15.6 Å². The predicted octanol–water partition coefficient (Wildman–Crippen LogP) is 3.07. The van der Waals surface area contributed by atoms with E-state index in [1.54, 1.807) is 18.2 Å². The van der Waals surface area contributed by atoms with Gasteiger partial charge in [-0.05, 0) is 30.5 Å². The Bertz CT molecular complexity index is 725. The van der Waals surface area contributed by atoms with Crippen molar-refractivity contribution in [2.75, 3.05) is 0 Å². The van der Waals surface area contributed by atoms with Crippen molar-refractivity contribution in [1.29, 1.82) is 0 Å². The van der Waals surface area contributed by atoms with Crippen LogP contribution in [0.1, 0.15) is 58.6 Å². The van der Waals surface area contributed by atoms with Crippen LogP contribution in [0.25, 0.3) is 0 Å². The highest BCUT2D eigenvalue weighted by Gasteiger charge is 2.18. The minimum absolute atomic E-state index is 0.204. The average molecular weight is 337 g/mol. The number of aromatic nitrogens is 1. The molecule has 1 aromatic heterocycles. The van der Waals surface area contributed by atoms with Crippen LogP contribution in [0.4, 0.5) is 0 Å². The normalized spacial score (nSPS) is 14.7. The highest BCUT2D eigenvalue weighted by molar-refractivity contribution is 5.96. The summed E-state index contributed by atoms with van der Waals surface area (Å²) < 4.78 is 0. The minimum Gasteiger partial charge on any atom is -0.348 e. The molecule has 1 heterocycles. The van der Waals surface area contributed by atoms with E-state index in [0.29, 0.717) is 6.54 Å². The van der Waals surface area contributed by atoms with Crippen molar-refractivity contribution in [2.45, 2.75) is 44.7 Å². The molecule has 3 rings (SSSR count). The van der Waals surface area contributed by atoms with Crippen LogP contribution in [-0.4, -0.2) is 22.8 Å². The minimum atomic E-state index is -0.281. The van der Waals surface area contributed by atoms with Gasteiger partial charge in [0.25, 0.3) is 11.8 Å². The molecule has 1 fully saturated rings. The molecular weight excluding hydrogens is 314 g/mol. The molecule has 5 nitrogen and oxygen atoms in total. The van der Waals surface area contributed by atoms with E-state index in [-0.39, 0.29) is 29.2 Å². The maximum Gasteiger partial charge on any atom is 0.270 e. The van der Waals surface area contributed by atoms with Gasteiger partial charge < -0.3 is 10.6 Å². The largest absolute Gasteiger partial charge is 0.348 e. The second-order valence-electron chi connectivity index (χ2n) is 6.38. The molecule has 1 aliphatic rings. The molecule has 1 saturated carbocycles. The summed E-state index contributed by atoms with van der Waals surface area (Å²) in [7, 11) is 0. The quantitative estimate of drug-likeness (QED) is 0.881. The molecule has 0 radical (unpaired) electrons. The van der Waals surface area contributed by atoms with Crippen LogP contribution in [0.5, 0.6) is 0 Å². The molecule has 0 saturated heterocycles. The molecule has 2 N–H and O–H groups in total. The zero-order valence-corrected chi connectivity index (χ0v) is 14.2. The lowest BCUT2D eigenvalue weighted by Gasteiger charge is -2.22. The highest BCUT2D eigenvalue weighted by Crippen LogP contribution is 2.17. The molecule has 2 amide bonds. The van der Waals surface area contributed by atoms with Crippen molar-refractivity contribution in [2.24, 2.45) is 0 Å². The monoisotopic (exact) mass is 337 g/mol.